The SMILES string of the molecule is C#CCN(C)c1cc(CNC)cc(CC)n1. The van der Waals surface area contributed by atoms with E-state index < -0.39 is 0 Å². The van der Waals surface area contributed by atoms with Gasteiger partial charge in [-0.25, -0.2) is 4.98 Å². The largest absolute Gasteiger partial charge is 0.349 e. The Labute approximate surface area is 97.9 Å². The maximum Gasteiger partial charge on any atom is 0.129 e. The van der Waals surface area contributed by atoms with Crippen LogP contribution in [0.2, 0.25) is 0 Å². The minimum absolute atomic E-state index is 0.583. The lowest BCUT2D eigenvalue weighted by Crippen LogP contribution is -2.19. The molecule has 86 valence electrons. The molecule has 0 spiro atoms. The van der Waals surface area contributed by atoms with Gasteiger partial charge in [-0.2, -0.15) is 0 Å². The molecule has 0 unspecified atom stereocenters. The van der Waals surface area contributed by atoms with Crippen molar-refractivity contribution in [1.82, 2.24) is 10.3 Å². The molecule has 1 N–H and O–H groups in total. The molecular formula is C13H19N3. The van der Waals surface area contributed by atoms with Gasteiger partial charge in [-0.3, -0.25) is 0 Å². The zero-order valence-corrected chi connectivity index (χ0v) is 10.2. The molecule has 1 heterocycles. The molecule has 3 heteroatoms. The summed E-state index contributed by atoms with van der Waals surface area (Å²) < 4.78 is 0. The molecule has 1 aromatic heterocycles. The Morgan fingerprint density at radius 2 is 2.25 bits per heavy atom. The molecule has 0 saturated heterocycles. The molecule has 0 fully saturated rings. The van der Waals surface area contributed by atoms with Crippen molar-refractivity contribution in [2.24, 2.45) is 0 Å². The van der Waals surface area contributed by atoms with Gasteiger partial charge in [0.05, 0.1) is 6.54 Å². The fourth-order valence-electron chi connectivity index (χ4n) is 1.53. The highest BCUT2D eigenvalue weighted by Gasteiger charge is 2.05. The van der Waals surface area contributed by atoms with Gasteiger partial charge >= 0.3 is 0 Å². The lowest BCUT2D eigenvalue weighted by atomic mass is 10.2. The second-order valence-electron chi connectivity index (χ2n) is 3.77. The summed E-state index contributed by atoms with van der Waals surface area (Å²) in [6, 6.07) is 4.21. The predicted octanol–water partition coefficient (Wildman–Crippen LogP) is 1.43. The number of hydrogen-bond donors (Lipinski definition) is 1. The molecule has 0 aliphatic carbocycles. The molecule has 0 radical (unpaired) electrons. The van der Waals surface area contributed by atoms with Crippen molar-refractivity contribution in [3.8, 4) is 12.3 Å². The Morgan fingerprint density at radius 1 is 1.50 bits per heavy atom. The molecule has 3 nitrogen and oxygen atoms in total. The fraction of sp³-hybridized carbons (Fsp3) is 0.462. The smallest absolute Gasteiger partial charge is 0.129 e. The van der Waals surface area contributed by atoms with Crippen LogP contribution < -0.4 is 10.2 Å². The second-order valence-corrected chi connectivity index (χ2v) is 3.77. The molecular weight excluding hydrogens is 198 g/mol. The van der Waals surface area contributed by atoms with E-state index in [0.717, 1.165) is 24.5 Å². The van der Waals surface area contributed by atoms with E-state index in [2.05, 4.69) is 35.3 Å². The molecule has 16 heavy (non-hydrogen) atoms. The van der Waals surface area contributed by atoms with Gasteiger partial charge < -0.3 is 10.2 Å². The average molecular weight is 217 g/mol. The van der Waals surface area contributed by atoms with Crippen LogP contribution in [0.3, 0.4) is 0 Å². The van der Waals surface area contributed by atoms with Crippen molar-refractivity contribution in [2.75, 3.05) is 25.5 Å². The lowest BCUT2D eigenvalue weighted by molar-refractivity contribution is 0.809. The first-order valence-corrected chi connectivity index (χ1v) is 5.50. The Hall–Kier alpha value is -1.53. The van der Waals surface area contributed by atoms with Crippen LogP contribution in [0.15, 0.2) is 12.1 Å². The van der Waals surface area contributed by atoms with Crippen LogP contribution in [0.25, 0.3) is 0 Å². The maximum atomic E-state index is 5.30. The normalized spacial score (nSPS) is 9.88. The van der Waals surface area contributed by atoms with E-state index in [0.29, 0.717) is 6.54 Å². The van der Waals surface area contributed by atoms with Gasteiger partial charge in [0, 0.05) is 19.3 Å². The Morgan fingerprint density at radius 3 is 2.81 bits per heavy atom. The Balaban J connectivity index is 2.99. The zero-order chi connectivity index (χ0) is 12.0. The van der Waals surface area contributed by atoms with Crippen LogP contribution in [0.5, 0.6) is 0 Å². The van der Waals surface area contributed by atoms with E-state index in [-0.39, 0.29) is 0 Å². The first-order chi connectivity index (χ1) is 7.71. The summed E-state index contributed by atoms with van der Waals surface area (Å²) in [4.78, 5) is 6.54. The standard InChI is InChI=1S/C13H19N3/c1-5-7-16(4)13-9-11(10-14-3)8-12(6-2)15-13/h1,8-9,14H,6-7,10H2,2-4H3. The number of nitrogens with zero attached hydrogens (tertiary/aromatic N) is 2. The third kappa shape index (κ3) is 3.25. The number of hydrogen-bond acceptors (Lipinski definition) is 3. The van der Waals surface area contributed by atoms with E-state index in [1.54, 1.807) is 0 Å². The first kappa shape index (κ1) is 12.5. The number of terminal acetylenes is 1. The summed E-state index contributed by atoms with van der Waals surface area (Å²) in [5.74, 6) is 3.57. The van der Waals surface area contributed by atoms with Gasteiger partial charge in [-0.1, -0.05) is 12.8 Å². The maximum absolute atomic E-state index is 5.30. The number of pyridine rings is 1. The lowest BCUT2D eigenvalue weighted by Gasteiger charge is -2.17. The van der Waals surface area contributed by atoms with Crippen molar-refractivity contribution in [2.45, 2.75) is 19.9 Å². The van der Waals surface area contributed by atoms with E-state index in [9.17, 15) is 0 Å². The molecule has 0 saturated carbocycles. The van der Waals surface area contributed by atoms with Crippen molar-refractivity contribution >= 4 is 5.82 Å². The number of rotatable bonds is 5. The monoisotopic (exact) mass is 217 g/mol. The van der Waals surface area contributed by atoms with Crippen LogP contribution in [-0.4, -0.2) is 25.6 Å². The number of anilines is 1. The van der Waals surface area contributed by atoms with E-state index in [1.807, 2.05) is 19.0 Å². The summed E-state index contributed by atoms with van der Waals surface area (Å²) in [5, 5.41) is 3.15. The quantitative estimate of drug-likeness (QED) is 0.756. The van der Waals surface area contributed by atoms with Crippen LogP contribution in [-0.2, 0) is 13.0 Å². The summed E-state index contributed by atoms with van der Waals surface area (Å²) in [6.07, 6.45) is 6.24. The summed E-state index contributed by atoms with van der Waals surface area (Å²) in [7, 11) is 3.90. The topological polar surface area (TPSA) is 28.2 Å². The molecule has 0 aliphatic heterocycles. The van der Waals surface area contributed by atoms with E-state index in [4.69, 9.17) is 6.42 Å². The van der Waals surface area contributed by atoms with Crippen molar-refractivity contribution in [1.29, 1.82) is 0 Å². The van der Waals surface area contributed by atoms with Gasteiger partial charge in [0.25, 0.3) is 0 Å². The highest BCUT2D eigenvalue weighted by molar-refractivity contribution is 5.43. The van der Waals surface area contributed by atoms with Crippen LogP contribution in [0.1, 0.15) is 18.2 Å². The minimum Gasteiger partial charge on any atom is -0.349 e. The average Bonchev–Trinajstić information content (AvgIpc) is 2.29. The first-order valence-electron chi connectivity index (χ1n) is 5.50. The van der Waals surface area contributed by atoms with E-state index >= 15 is 0 Å². The van der Waals surface area contributed by atoms with E-state index in [1.165, 1.54) is 5.56 Å². The predicted molar refractivity (Wildman–Crippen MR) is 68.5 cm³/mol. The van der Waals surface area contributed by atoms with Crippen molar-refractivity contribution < 1.29 is 0 Å². The van der Waals surface area contributed by atoms with Gasteiger partial charge in [-0.15, -0.1) is 6.42 Å². The third-order valence-corrected chi connectivity index (χ3v) is 2.39. The highest BCUT2D eigenvalue weighted by atomic mass is 15.2. The van der Waals surface area contributed by atoms with Gasteiger partial charge in [0.2, 0.25) is 0 Å². The Bertz CT molecular complexity index is 379. The van der Waals surface area contributed by atoms with Crippen LogP contribution >= 0.6 is 0 Å². The zero-order valence-electron chi connectivity index (χ0n) is 10.2. The molecule has 1 rings (SSSR count). The molecule has 0 aromatic carbocycles. The molecule has 0 amide bonds. The molecule has 0 aliphatic rings. The number of aryl methyl sites for hydroxylation is 1. The van der Waals surface area contributed by atoms with Gasteiger partial charge in [0.1, 0.15) is 5.82 Å². The summed E-state index contributed by atoms with van der Waals surface area (Å²) in [6.45, 7) is 3.54. The number of nitrogens with one attached hydrogen (secondary N) is 1. The molecule has 0 bridgehead atoms. The Kier molecular flexibility index (Phi) is 4.81. The highest BCUT2D eigenvalue weighted by Crippen LogP contribution is 2.14. The second kappa shape index (κ2) is 6.14. The molecule has 1 aromatic rings. The van der Waals surface area contributed by atoms with Crippen LogP contribution in [0, 0.1) is 12.3 Å². The van der Waals surface area contributed by atoms with Crippen molar-refractivity contribution in [3.05, 3.63) is 23.4 Å². The van der Waals surface area contributed by atoms with Crippen LogP contribution in [0.4, 0.5) is 5.82 Å². The van der Waals surface area contributed by atoms with Crippen molar-refractivity contribution in [3.63, 3.8) is 0 Å². The third-order valence-electron chi connectivity index (χ3n) is 2.39. The van der Waals surface area contributed by atoms with Gasteiger partial charge in [0.15, 0.2) is 0 Å². The fourth-order valence-corrected chi connectivity index (χ4v) is 1.53. The summed E-state index contributed by atoms with van der Waals surface area (Å²) in [5.41, 5.74) is 2.35. The minimum atomic E-state index is 0.583. The number of aromatic nitrogens is 1. The van der Waals surface area contributed by atoms with Gasteiger partial charge in [-0.05, 0) is 31.2 Å². The molecule has 0 atom stereocenters. The summed E-state index contributed by atoms with van der Waals surface area (Å²) >= 11 is 0.